The van der Waals surface area contributed by atoms with Crippen molar-refractivity contribution >= 4 is 37.5 Å². The molecule has 25 heavy (non-hydrogen) atoms. The van der Waals surface area contributed by atoms with Crippen LogP contribution in [0.5, 0.6) is 0 Å². The Labute approximate surface area is 157 Å². The maximum Gasteiger partial charge on any atom is 0.243 e. The Morgan fingerprint density at radius 2 is 1.96 bits per heavy atom. The Morgan fingerprint density at radius 3 is 2.64 bits per heavy atom. The molecule has 1 saturated heterocycles. The molecule has 1 amide bonds. The largest absolute Gasteiger partial charge is 0.354 e. The minimum absolute atomic E-state index is 0.211. The topological polar surface area (TPSA) is 92.5 Å². The number of nitrogens with one attached hydrogen (secondary N) is 1. The molecule has 0 aromatic heterocycles. The molecule has 1 aliphatic heterocycles. The van der Waals surface area contributed by atoms with Crippen LogP contribution in [0.25, 0.3) is 0 Å². The van der Waals surface area contributed by atoms with Crippen molar-refractivity contribution in [2.24, 2.45) is 5.73 Å². The molecule has 1 fully saturated rings. The highest BCUT2D eigenvalue weighted by atomic mass is 33.1. The van der Waals surface area contributed by atoms with Crippen molar-refractivity contribution in [3.8, 4) is 0 Å². The zero-order chi connectivity index (χ0) is 18.3. The first-order valence-electron chi connectivity index (χ1n) is 8.27. The second-order valence-corrected chi connectivity index (χ2v) is 10.4. The van der Waals surface area contributed by atoms with E-state index in [-0.39, 0.29) is 10.8 Å². The van der Waals surface area contributed by atoms with Crippen molar-refractivity contribution in [2.45, 2.75) is 30.7 Å². The molecule has 1 heterocycles. The van der Waals surface area contributed by atoms with Crippen LogP contribution in [0, 0.1) is 6.92 Å². The molecule has 3 N–H and O–H groups in total. The summed E-state index contributed by atoms with van der Waals surface area (Å²) in [5.41, 5.74) is 6.42. The predicted octanol–water partition coefficient (Wildman–Crippen LogP) is 1.60. The number of sulfonamides is 1. The molecule has 0 unspecified atom stereocenters. The van der Waals surface area contributed by atoms with Gasteiger partial charge in [-0.2, -0.15) is 4.31 Å². The van der Waals surface area contributed by atoms with Gasteiger partial charge in [0, 0.05) is 31.1 Å². The third kappa shape index (κ3) is 5.62. The number of nitrogens with two attached hydrogens (primary N) is 1. The first-order valence-corrected chi connectivity index (χ1v) is 12.2. The van der Waals surface area contributed by atoms with Crippen molar-refractivity contribution in [3.05, 3.63) is 29.8 Å². The molecular weight excluding hydrogens is 378 g/mol. The first kappa shape index (κ1) is 20.6. The molecule has 0 saturated carbocycles. The molecule has 0 radical (unpaired) electrons. The molecule has 6 nitrogen and oxygen atoms in total. The Balaban J connectivity index is 1.94. The van der Waals surface area contributed by atoms with Gasteiger partial charge in [-0.3, -0.25) is 4.79 Å². The highest BCUT2D eigenvalue weighted by Crippen LogP contribution is 2.26. The summed E-state index contributed by atoms with van der Waals surface area (Å²) >= 11 is 0. The highest BCUT2D eigenvalue weighted by Gasteiger charge is 2.39. The smallest absolute Gasteiger partial charge is 0.243 e. The van der Waals surface area contributed by atoms with Crippen LogP contribution in [0.4, 0.5) is 0 Å². The van der Waals surface area contributed by atoms with E-state index < -0.39 is 16.1 Å². The standard InChI is InChI=1S/C16H25N3O3S3/c1-13-4-6-14(7-5-13)25(21,22)19-10-2-3-15(19)16(20)18-9-12-24-23-11-8-17/h4-7,15H,2-3,8-12,17H2,1H3,(H,18,20)/t15-/m1/s1. The first-order chi connectivity index (χ1) is 12.0. The Morgan fingerprint density at radius 1 is 1.28 bits per heavy atom. The molecule has 9 heteroatoms. The normalized spacial score (nSPS) is 18.4. The summed E-state index contributed by atoms with van der Waals surface area (Å²) in [5.74, 6) is 1.44. The summed E-state index contributed by atoms with van der Waals surface area (Å²) in [6.07, 6.45) is 1.26. The lowest BCUT2D eigenvalue weighted by Crippen LogP contribution is -2.46. The van der Waals surface area contributed by atoms with Crippen molar-refractivity contribution in [3.63, 3.8) is 0 Å². The van der Waals surface area contributed by atoms with Crippen LogP contribution in [0.1, 0.15) is 18.4 Å². The van der Waals surface area contributed by atoms with Gasteiger partial charge in [0.25, 0.3) is 0 Å². The van der Waals surface area contributed by atoms with Gasteiger partial charge >= 0.3 is 0 Å². The number of aryl methyl sites for hydroxylation is 1. The fourth-order valence-electron chi connectivity index (χ4n) is 2.64. The van der Waals surface area contributed by atoms with E-state index >= 15 is 0 Å². The Bertz CT molecular complexity index is 665. The number of hydrogen-bond donors (Lipinski definition) is 2. The maximum atomic E-state index is 12.8. The second kappa shape index (κ2) is 9.82. The van der Waals surface area contributed by atoms with Gasteiger partial charge in [0.15, 0.2) is 0 Å². The van der Waals surface area contributed by atoms with Crippen molar-refractivity contribution in [2.75, 3.05) is 31.1 Å². The van der Waals surface area contributed by atoms with Gasteiger partial charge in [-0.15, -0.1) is 0 Å². The summed E-state index contributed by atoms with van der Waals surface area (Å²) in [6, 6.07) is 6.13. The van der Waals surface area contributed by atoms with E-state index in [2.05, 4.69) is 5.32 Å². The van der Waals surface area contributed by atoms with E-state index in [1.165, 1.54) is 4.31 Å². The van der Waals surface area contributed by atoms with Crippen LogP contribution >= 0.6 is 21.6 Å². The number of hydrogen-bond acceptors (Lipinski definition) is 6. The van der Waals surface area contributed by atoms with E-state index in [0.29, 0.717) is 32.5 Å². The number of carbonyl (C=O) groups is 1. The molecule has 1 aromatic rings. The van der Waals surface area contributed by atoms with Crippen LogP contribution < -0.4 is 11.1 Å². The maximum absolute atomic E-state index is 12.8. The summed E-state index contributed by atoms with van der Waals surface area (Å²) in [7, 11) is -0.312. The molecule has 1 atom stereocenters. The minimum Gasteiger partial charge on any atom is -0.354 e. The lowest BCUT2D eigenvalue weighted by Gasteiger charge is -2.23. The van der Waals surface area contributed by atoms with Crippen LogP contribution in [-0.2, 0) is 14.8 Å². The zero-order valence-corrected chi connectivity index (χ0v) is 16.8. The summed E-state index contributed by atoms with van der Waals surface area (Å²) in [6.45, 7) is 3.45. The van der Waals surface area contributed by atoms with Gasteiger partial charge in [-0.05, 0) is 31.9 Å². The fourth-order valence-corrected chi connectivity index (χ4v) is 6.05. The molecule has 140 valence electrons. The predicted molar refractivity (Wildman–Crippen MR) is 105 cm³/mol. The van der Waals surface area contributed by atoms with Gasteiger partial charge in [0.2, 0.25) is 15.9 Å². The van der Waals surface area contributed by atoms with E-state index in [1.807, 2.05) is 6.92 Å². The zero-order valence-electron chi connectivity index (χ0n) is 14.3. The lowest BCUT2D eigenvalue weighted by molar-refractivity contribution is -0.124. The molecule has 0 aliphatic carbocycles. The number of benzene rings is 1. The number of nitrogens with zero attached hydrogens (tertiary/aromatic N) is 1. The Kier molecular flexibility index (Phi) is 8.08. The lowest BCUT2D eigenvalue weighted by atomic mass is 10.2. The van der Waals surface area contributed by atoms with Crippen molar-refractivity contribution in [1.29, 1.82) is 0 Å². The minimum atomic E-state index is -3.64. The number of amides is 1. The van der Waals surface area contributed by atoms with Gasteiger partial charge < -0.3 is 11.1 Å². The van der Waals surface area contributed by atoms with E-state index in [4.69, 9.17) is 5.73 Å². The average Bonchev–Trinajstić information content (AvgIpc) is 3.09. The molecule has 0 spiro atoms. The fraction of sp³-hybridized carbons (Fsp3) is 0.562. The third-order valence-electron chi connectivity index (χ3n) is 3.90. The summed E-state index contributed by atoms with van der Waals surface area (Å²) < 4.78 is 27.0. The van der Waals surface area contributed by atoms with Crippen molar-refractivity contribution < 1.29 is 13.2 Å². The van der Waals surface area contributed by atoms with Gasteiger partial charge in [0.1, 0.15) is 6.04 Å². The average molecular weight is 404 g/mol. The number of carbonyl (C=O) groups excluding carboxylic acids is 1. The SMILES string of the molecule is Cc1ccc(S(=O)(=O)N2CCC[C@@H]2C(=O)NCCSSCCN)cc1. The van der Waals surface area contributed by atoms with Crippen LogP contribution in [0.15, 0.2) is 29.2 Å². The molecule has 2 rings (SSSR count). The molecular formula is C16H25N3O3S3. The third-order valence-corrected chi connectivity index (χ3v) is 8.27. The van der Waals surface area contributed by atoms with Gasteiger partial charge in [0.05, 0.1) is 4.90 Å². The van der Waals surface area contributed by atoms with Gasteiger partial charge in [-0.25, -0.2) is 8.42 Å². The molecule has 1 aliphatic rings. The summed E-state index contributed by atoms with van der Waals surface area (Å²) in [4.78, 5) is 12.7. The van der Waals surface area contributed by atoms with Crippen LogP contribution in [-0.4, -0.2) is 55.8 Å². The number of rotatable bonds is 9. The monoisotopic (exact) mass is 403 g/mol. The van der Waals surface area contributed by atoms with E-state index in [0.717, 1.165) is 17.1 Å². The highest BCUT2D eigenvalue weighted by molar-refractivity contribution is 8.76. The van der Waals surface area contributed by atoms with Gasteiger partial charge in [-0.1, -0.05) is 39.3 Å². The molecule has 0 bridgehead atoms. The quantitative estimate of drug-likeness (QED) is 0.481. The van der Waals surface area contributed by atoms with Crippen molar-refractivity contribution in [1.82, 2.24) is 9.62 Å². The second-order valence-electron chi connectivity index (χ2n) is 5.81. The summed E-state index contributed by atoms with van der Waals surface area (Å²) in [5, 5.41) is 2.85. The Hall–Kier alpha value is -0.740. The van der Waals surface area contributed by atoms with E-state index in [9.17, 15) is 13.2 Å². The van der Waals surface area contributed by atoms with Crippen LogP contribution in [0.3, 0.4) is 0 Å². The van der Waals surface area contributed by atoms with E-state index in [1.54, 1.807) is 45.9 Å². The molecule has 1 aromatic carbocycles. The van der Waals surface area contributed by atoms with Crippen LogP contribution in [0.2, 0.25) is 0 Å².